The maximum Gasteiger partial charge on any atom is 0.261 e. The third-order valence-corrected chi connectivity index (χ3v) is 8.81. The van der Waals surface area contributed by atoms with E-state index in [1.807, 2.05) is 25.1 Å². The highest BCUT2D eigenvalue weighted by Crippen LogP contribution is 2.29. The molecule has 224 valence electrons. The molecule has 0 fully saturated rings. The Balaban J connectivity index is 1.33. The van der Waals surface area contributed by atoms with E-state index in [4.69, 9.17) is 4.74 Å². The number of halogens is 1. The van der Waals surface area contributed by atoms with E-state index in [2.05, 4.69) is 43.7 Å². The van der Waals surface area contributed by atoms with Crippen molar-refractivity contribution in [2.75, 3.05) is 11.3 Å². The number of nitrogens with zero attached hydrogens (tertiary/aromatic N) is 1. The second-order valence-corrected chi connectivity index (χ2v) is 13.5. The van der Waals surface area contributed by atoms with Gasteiger partial charge in [-0.1, -0.05) is 63.3 Å². The molecular formula is C34H41FN2O4S. The molecule has 42 heavy (non-hydrogen) atoms. The minimum atomic E-state index is -4.04. The van der Waals surface area contributed by atoms with Gasteiger partial charge in [-0.15, -0.1) is 0 Å². The lowest BCUT2D eigenvalue weighted by Gasteiger charge is -2.19. The van der Waals surface area contributed by atoms with Gasteiger partial charge in [0.05, 0.1) is 23.6 Å². The predicted octanol–water partition coefficient (Wildman–Crippen LogP) is 7.52. The van der Waals surface area contributed by atoms with Gasteiger partial charge < -0.3 is 9.64 Å². The van der Waals surface area contributed by atoms with E-state index in [1.165, 1.54) is 23.8 Å². The molecule has 1 amide bonds. The molecule has 4 rings (SSSR count). The quantitative estimate of drug-likeness (QED) is 0.174. The van der Waals surface area contributed by atoms with Crippen molar-refractivity contribution in [3.05, 3.63) is 101 Å². The number of fused-ring (bicyclic) bond motifs is 1. The first-order valence-electron chi connectivity index (χ1n) is 14.5. The Morgan fingerprint density at radius 2 is 1.71 bits per heavy atom. The summed E-state index contributed by atoms with van der Waals surface area (Å²) in [5.41, 5.74) is 3.71. The SMILES string of the molecule is C/C=C\CCCCCOc1ccc(NS(=O)(=O)c2ccc3c(c2)CN(C(=O)Cc2ccc(C(C)(C)C)cc2)C3)c(F)c1. The molecule has 0 saturated heterocycles. The van der Waals surface area contributed by atoms with E-state index in [0.717, 1.165) is 42.4 Å². The molecule has 3 aromatic carbocycles. The van der Waals surface area contributed by atoms with Crippen molar-refractivity contribution in [3.63, 3.8) is 0 Å². The molecule has 3 aromatic rings. The van der Waals surface area contributed by atoms with Crippen molar-refractivity contribution in [2.45, 2.75) is 83.2 Å². The first kappa shape index (κ1) is 31.3. The van der Waals surface area contributed by atoms with Crippen LogP contribution < -0.4 is 9.46 Å². The number of anilines is 1. The number of unbranched alkanes of at least 4 members (excludes halogenated alkanes) is 3. The van der Waals surface area contributed by atoms with Crippen LogP contribution in [0.4, 0.5) is 10.1 Å². The Hall–Kier alpha value is -3.65. The van der Waals surface area contributed by atoms with Crippen LogP contribution in [-0.4, -0.2) is 25.8 Å². The molecule has 1 N–H and O–H groups in total. The van der Waals surface area contributed by atoms with E-state index in [9.17, 15) is 17.6 Å². The predicted molar refractivity (Wildman–Crippen MR) is 166 cm³/mol. The number of allylic oxidation sites excluding steroid dienone is 2. The number of sulfonamides is 1. The molecule has 0 spiro atoms. The number of carbonyl (C=O) groups excluding carboxylic acids is 1. The Bertz CT molecular complexity index is 1530. The van der Waals surface area contributed by atoms with Crippen molar-refractivity contribution in [1.29, 1.82) is 0 Å². The molecule has 1 aliphatic rings. The number of benzene rings is 3. The van der Waals surface area contributed by atoms with Gasteiger partial charge in [-0.2, -0.15) is 0 Å². The monoisotopic (exact) mass is 592 g/mol. The van der Waals surface area contributed by atoms with Crippen molar-refractivity contribution in [2.24, 2.45) is 0 Å². The second kappa shape index (κ2) is 13.6. The number of nitrogens with one attached hydrogen (secondary N) is 1. The Morgan fingerprint density at radius 1 is 0.976 bits per heavy atom. The summed E-state index contributed by atoms with van der Waals surface area (Å²) in [6, 6.07) is 17.0. The highest BCUT2D eigenvalue weighted by atomic mass is 32.2. The minimum Gasteiger partial charge on any atom is -0.493 e. The third-order valence-electron chi connectivity index (χ3n) is 7.44. The Morgan fingerprint density at radius 3 is 2.40 bits per heavy atom. The molecule has 0 saturated carbocycles. The molecule has 1 heterocycles. The van der Waals surface area contributed by atoms with Gasteiger partial charge in [-0.25, -0.2) is 12.8 Å². The maximum absolute atomic E-state index is 14.8. The van der Waals surface area contributed by atoms with E-state index in [-0.39, 0.29) is 28.3 Å². The van der Waals surface area contributed by atoms with Crippen molar-refractivity contribution < 1.29 is 22.3 Å². The molecule has 0 aliphatic carbocycles. The van der Waals surface area contributed by atoms with Crippen LogP contribution in [0.15, 0.2) is 77.7 Å². The summed E-state index contributed by atoms with van der Waals surface area (Å²) in [5, 5.41) is 0. The summed E-state index contributed by atoms with van der Waals surface area (Å²) in [7, 11) is -4.04. The number of hydrogen-bond acceptors (Lipinski definition) is 4. The standard InChI is InChI=1S/C34H41FN2O4S/c1-5-6-7-8-9-10-19-41-29-16-18-32(31(35)22-29)36-42(39,40)30-17-13-26-23-37(24-27(26)21-30)33(38)20-25-11-14-28(15-12-25)34(2,3)4/h5-6,11-18,21-22,36H,7-10,19-20,23-24H2,1-4H3/b6-5-. The van der Waals surface area contributed by atoms with Gasteiger partial charge >= 0.3 is 0 Å². The van der Waals surface area contributed by atoms with Crippen LogP contribution in [0.5, 0.6) is 5.75 Å². The molecule has 0 unspecified atom stereocenters. The number of hydrogen-bond donors (Lipinski definition) is 1. The molecule has 8 heteroatoms. The fourth-order valence-electron chi connectivity index (χ4n) is 4.89. The average molecular weight is 593 g/mol. The lowest BCUT2D eigenvalue weighted by atomic mass is 9.86. The van der Waals surface area contributed by atoms with Crippen LogP contribution in [0.2, 0.25) is 0 Å². The average Bonchev–Trinajstić information content (AvgIpc) is 3.38. The van der Waals surface area contributed by atoms with Gasteiger partial charge in [-0.3, -0.25) is 9.52 Å². The van der Waals surface area contributed by atoms with Crippen molar-refractivity contribution >= 4 is 21.6 Å². The summed E-state index contributed by atoms with van der Waals surface area (Å²) < 4.78 is 49.0. The zero-order valence-corrected chi connectivity index (χ0v) is 25.8. The second-order valence-electron chi connectivity index (χ2n) is 11.8. The lowest BCUT2D eigenvalue weighted by molar-refractivity contribution is -0.131. The Labute approximate surface area is 249 Å². The van der Waals surface area contributed by atoms with Gasteiger partial charge in [0.25, 0.3) is 10.0 Å². The molecule has 0 aromatic heterocycles. The van der Waals surface area contributed by atoms with Crippen LogP contribution in [0.1, 0.15) is 75.6 Å². The number of rotatable bonds is 12. The van der Waals surface area contributed by atoms with E-state index < -0.39 is 15.8 Å². The third kappa shape index (κ3) is 8.22. The van der Waals surface area contributed by atoms with Crippen LogP contribution in [0, 0.1) is 5.82 Å². The van der Waals surface area contributed by atoms with E-state index >= 15 is 0 Å². The van der Waals surface area contributed by atoms with Gasteiger partial charge in [0.15, 0.2) is 5.82 Å². The summed E-state index contributed by atoms with van der Waals surface area (Å²) in [5.74, 6) is -0.371. The number of carbonyl (C=O) groups is 1. The van der Waals surface area contributed by atoms with Crippen LogP contribution in [-0.2, 0) is 39.7 Å². The maximum atomic E-state index is 14.8. The largest absolute Gasteiger partial charge is 0.493 e. The highest BCUT2D eigenvalue weighted by molar-refractivity contribution is 7.92. The van der Waals surface area contributed by atoms with Gasteiger partial charge in [-0.05, 0) is 84.5 Å². The topological polar surface area (TPSA) is 75.7 Å². The first-order valence-corrected chi connectivity index (χ1v) is 16.0. The molecule has 6 nitrogen and oxygen atoms in total. The van der Waals surface area contributed by atoms with Crippen LogP contribution in [0.25, 0.3) is 0 Å². The van der Waals surface area contributed by atoms with Gasteiger partial charge in [0, 0.05) is 19.2 Å². The van der Waals surface area contributed by atoms with Crippen molar-refractivity contribution in [3.8, 4) is 5.75 Å². The van der Waals surface area contributed by atoms with E-state index in [0.29, 0.717) is 25.4 Å². The normalized spacial score (nSPS) is 13.4. The van der Waals surface area contributed by atoms with Crippen molar-refractivity contribution in [1.82, 2.24) is 4.90 Å². The minimum absolute atomic E-state index is 0.0183. The number of amides is 1. The van der Waals surface area contributed by atoms with E-state index in [1.54, 1.807) is 23.1 Å². The number of ether oxygens (including phenoxy) is 1. The fourth-order valence-corrected chi connectivity index (χ4v) is 6.01. The molecule has 0 radical (unpaired) electrons. The summed E-state index contributed by atoms with van der Waals surface area (Å²) in [4.78, 5) is 14.8. The molecule has 1 aliphatic heterocycles. The Kier molecular flexibility index (Phi) is 10.1. The molecular weight excluding hydrogens is 551 g/mol. The van der Waals surface area contributed by atoms with Gasteiger partial charge in [0.1, 0.15) is 5.75 Å². The van der Waals surface area contributed by atoms with Crippen LogP contribution in [0.3, 0.4) is 0 Å². The zero-order valence-electron chi connectivity index (χ0n) is 25.0. The summed E-state index contributed by atoms with van der Waals surface area (Å²) in [6.07, 6.45) is 8.43. The zero-order chi connectivity index (χ0) is 30.3. The smallest absolute Gasteiger partial charge is 0.261 e. The first-order chi connectivity index (χ1) is 20.0. The van der Waals surface area contributed by atoms with Gasteiger partial charge in [0.2, 0.25) is 5.91 Å². The lowest BCUT2D eigenvalue weighted by Crippen LogP contribution is -2.26. The summed E-state index contributed by atoms with van der Waals surface area (Å²) in [6.45, 7) is 9.67. The molecule has 0 bridgehead atoms. The highest BCUT2D eigenvalue weighted by Gasteiger charge is 2.26. The van der Waals surface area contributed by atoms with Crippen LogP contribution >= 0.6 is 0 Å². The molecule has 0 atom stereocenters. The summed E-state index contributed by atoms with van der Waals surface area (Å²) >= 11 is 0. The fraction of sp³-hybridized carbons (Fsp3) is 0.382.